The normalized spacial score (nSPS) is 11.5. The van der Waals surface area contributed by atoms with Gasteiger partial charge in [-0.1, -0.05) is 13.8 Å². The molecule has 0 fully saturated rings. The number of nitrogens with zero attached hydrogens (tertiary/aromatic N) is 2. The van der Waals surface area contributed by atoms with E-state index in [1.54, 1.807) is 19.9 Å². The van der Waals surface area contributed by atoms with Crippen molar-refractivity contribution in [1.29, 1.82) is 5.26 Å². The molecular weight excluding hydrogens is 243 g/mol. The third kappa shape index (κ3) is 2.62. The highest BCUT2D eigenvalue weighted by atomic mass is 32.2. The van der Waals surface area contributed by atoms with Crippen molar-refractivity contribution in [3.63, 3.8) is 0 Å². The van der Waals surface area contributed by atoms with E-state index in [4.69, 9.17) is 5.26 Å². The largest absolute Gasteiger partial charge is 0.243 e. The first-order valence-electron chi connectivity index (χ1n) is 5.17. The van der Waals surface area contributed by atoms with Crippen LogP contribution in [0.15, 0.2) is 23.1 Å². The summed E-state index contributed by atoms with van der Waals surface area (Å²) < 4.78 is 38.5. The Labute approximate surface area is 100 Å². The van der Waals surface area contributed by atoms with E-state index in [9.17, 15) is 12.8 Å². The number of halogens is 1. The summed E-state index contributed by atoms with van der Waals surface area (Å²) in [6.45, 7) is 4.10. The van der Waals surface area contributed by atoms with Gasteiger partial charge in [0, 0.05) is 13.1 Å². The SMILES string of the molecule is CCN(CC)S(=O)(=O)c1ccc(F)c(C#N)c1. The van der Waals surface area contributed by atoms with Crippen LogP contribution in [0.3, 0.4) is 0 Å². The van der Waals surface area contributed by atoms with Crippen molar-refractivity contribution in [2.45, 2.75) is 18.7 Å². The van der Waals surface area contributed by atoms with E-state index in [-0.39, 0.29) is 10.5 Å². The van der Waals surface area contributed by atoms with Crippen molar-refractivity contribution >= 4 is 10.0 Å². The molecule has 1 aromatic rings. The molecule has 0 bridgehead atoms. The van der Waals surface area contributed by atoms with Gasteiger partial charge in [0.15, 0.2) is 0 Å². The fourth-order valence-electron chi connectivity index (χ4n) is 1.46. The summed E-state index contributed by atoms with van der Waals surface area (Å²) in [6.07, 6.45) is 0. The van der Waals surface area contributed by atoms with E-state index >= 15 is 0 Å². The van der Waals surface area contributed by atoms with Gasteiger partial charge >= 0.3 is 0 Å². The van der Waals surface area contributed by atoms with Gasteiger partial charge in [-0.15, -0.1) is 0 Å². The molecule has 0 unspecified atom stereocenters. The topological polar surface area (TPSA) is 61.2 Å². The molecule has 0 atom stereocenters. The summed E-state index contributed by atoms with van der Waals surface area (Å²) in [7, 11) is -3.63. The first-order valence-corrected chi connectivity index (χ1v) is 6.61. The van der Waals surface area contributed by atoms with Crippen molar-refractivity contribution in [1.82, 2.24) is 4.31 Å². The Morgan fingerprint density at radius 2 is 1.94 bits per heavy atom. The number of hydrogen-bond donors (Lipinski definition) is 0. The molecule has 0 saturated heterocycles. The molecule has 0 saturated carbocycles. The highest BCUT2D eigenvalue weighted by molar-refractivity contribution is 7.89. The lowest BCUT2D eigenvalue weighted by Crippen LogP contribution is -2.30. The predicted molar refractivity (Wildman–Crippen MR) is 61.2 cm³/mol. The quantitative estimate of drug-likeness (QED) is 0.824. The minimum absolute atomic E-state index is 0.0563. The fourth-order valence-corrected chi connectivity index (χ4v) is 2.95. The van der Waals surface area contributed by atoms with Crippen LogP contribution >= 0.6 is 0 Å². The molecule has 0 N–H and O–H groups in total. The van der Waals surface area contributed by atoms with Gasteiger partial charge in [-0.2, -0.15) is 9.57 Å². The Morgan fingerprint density at radius 1 is 1.35 bits per heavy atom. The van der Waals surface area contributed by atoms with Crippen LogP contribution in [-0.2, 0) is 10.0 Å². The molecule has 17 heavy (non-hydrogen) atoms. The molecule has 0 aliphatic carbocycles. The molecule has 0 aliphatic heterocycles. The number of rotatable bonds is 4. The predicted octanol–water partition coefficient (Wildman–Crippen LogP) is 1.73. The van der Waals surface area contributed by atoms with E-state index in [0.29, 0.717) is 13.1 Å². The van der Waals surface area contributed by atoms with Crippen LogP contribution in [0.25, 0.3) is 0 Å². The van der Waals surface area contributed by atoms with Gasteiger partial charge in [-0.05, 0) is 18.2 Å². The van der Waals surface area contributed by atoms with Crippen molar-refractivity contribution in [3.8, 4) is 6.07 Å². The average Bonchev–Trinajstić information content (AvgIpc) is 2.30. The van der Waals surface area contributed by atoms with Crippen molar-refractivity contribution < 1.29 is 12.8 Å². The highest BCUT2D eigenvalue weighted by Gasteiger charge is 2.22. The summed E-state index contributed by atoms with van der Waals surface area (Å²) in [5, 5.41) is 8.66. The zero-order valence-electron chi connectivity index (χ0n) is 9.64. The maximum Gasteiger partial charge on any atom is 0.243 e. The smallest absolute Gasteiger partial charge is 0.207 e. The van der Waals surface area contributed by atoms with Crippen molar-refractivity contribution in [2.75, 3.05) is 13.1 Å². The van der Waals surface area contributed by atoms with E-state index < -0.39 is 15.8 Å². The lowest BCUT2D eigenvalue weighted by molar-refractivity contribution is 0.445. The Hall–Kier alpha value is -1.45. The third-order valence-electron chi connectivity index (χ3n) is 2.40. The molecule has 0 heterocycles. The minimum Gasteiger partial charge on any atom is -0.207 e. The molecule has 4 nitrogen and oxygen atoms in total. The average molecular weight is 256 g/mol. The van der Waals surface area contributed by atoms with Gasteiger partial charge in [0.2, 0.25) is 10.0 Å². The second-order valence-electron chi connectivity index (χ2n) is 3.34. The van der Waals surface area contributed by atoms with Gasteiger partial charge in [0.1, 0.15) is 11.9 Å². The van der Waals surface area contributed by atoms with Crippen LogP contribution in [0, 0.1) is 17.1 Å². The zero-order valence-corrected chi connectivity index (χ0v) is 10.5. The summed E-state index contributed by atoms with van der Waals surface area (Å²) in [6, 6.07) is 4.85. The molecule has 0 spiro atoms. The molecule has 1 aromatic carbocycles. The van der Waals surface area contributed by atoms with E-state index in [0.717, 1.165) is 12.1 Å². The second-order valence-corrected chi connectivity index (χ2v) is 5.28. The summed E-state index contributed by atoms with van der Waals surface area (Å²) in [5.74, 6) is -0.717. The highest BCUT2D eigenvalue weighted by Crippen LogP contribution is 2.18. The minimum atomic E-state index is -3.63. The second kappa shape index (κ2) is 5.25. The standard InChI is InChI=1S/C11H13FN2O2S/c1-3-14(4-2)17(15,16)10-5-6-11(12)9(7-10)8-13/h5-7H,3-4H2,1-2H3. The van der Waals surface area contributed by atoms with Crippen LogP contribution in [-0.4, -0.2) is 25.8 Å². The van der Waals surface area contributed by atoms with Gasteiger partial charge in [0.25, 0.3) is 0 Å². The monoisotopic (exact) mass is 256 g/mol. The van der Waals surface area contributed by atoms with E-state index in [1.807, 2.05) is 0 Å². The zero-order chi connectivity index (χ0) is 13.1. The van der Waals surface area contributed by atoms with Crippen molar-refractivity contribution in [3.05, 3.63) is 29.6 Å². The molecule has 0 aliphatic rings. The Morgan fingerprint density at radius 3 is 2.41 bits per heavy atom. The molecule has 0 amide bonds. The molecule has 1 rings (SSSR count). The van der Waals surface area contributed by atoms with Crippen molar-refractivity contribution in [2.24, 2.45) is 0 Å². The van der Waals surface area contributed by atoms with Crippen LogP contribution in [0.5, 0.6) is 0 Å². The van der Waals surface area contributed by atoms with Gasteiger partial charge in [-0.3, -0.25) is 0 Å². The third-order valence-corrected chi connectivity index (χ3v) is 4.45. The maximum absolute atomic E-state index is 13.1. The Kier molecular flexibility index (Phi) is 4.21. The Balaban J connectivity index is 3.30. The van der Waals surface area contributed by atoms with Gasteiger partial charge in [0.05, 0.1) is 10.5 Å². The lowest BCUT2D eigenvalue weighted by Gasteiger charge is -2.18. The van der Waals surface area contributed by atoms with Crippen LogP contribution in [0.4, 0.5) is 4.39 Å². The number of hydrogen-bond acceptors (Lipinski definition) is 3. The van der Waals surface area contributed by atoms with Crippen LogP contribution in [0.1, 0.15) is 19.4 Å². The van der Waals surface area contributed by atoms with E-state index in [2.05, 4.69) is 0 Å². The number of benzene rings is 1. The summed E-state index contributed by atoms with van der Waals surface area (Å²) >= 11 is 0. The molecule has 6 heteroatoms. The summed E-state index contributed by atoms with van der Waals surface area (Å²) in [5.41, 5.74) is -0.266. The summed E-state index contributed by atoms with van der Waals surface area (Å²) in [4.78, 5) is -0.0563. The van der Waals surface area contributed by atoms with E-state index in [1.165, 1.54) is 10.4 Å². The van der Waals surface area contributed by atoms with Gasteiger partial charge < -0.3 is 0 Å². The molecular formula is C11H13FN2O2S. The lowest BCUT2D eigenvalue weighted by atomic mass is 10.2. The first kappa shape index (κ1) is 13.6. The molecule has 0 aromatic heterocycles. The van der Waals surface area contributed by atoms with Crippen LogP contribution < -0.4 is 0 Å². The van der Waals surface area contributed by atoms with Crippen LogP contribution in [0.2, 0.25) is 0 Å². The number of sulfonamides is 1. The molecule has 92 valence electrons. The Bertz CT molecular complexity index is 545. The molecule has 0 radical (unpaired) electrons. The van der Waals surface area contributed by atoms with Gasteiger partial charge in [-0.25, -0.2) is 12.8 Å². The maximum atomic E-state index is 13.1. The fraction of sp³-hybridized carbons (Fsp3) is 0.364. The first-order chi connectivity index (χ1) is 7.97. The number of nitriles is 1.